The third kappa shape index (κ3) is 7.89. The van der Waals surface area contributed by atoms with E-state index in [2.05, 4.69) is 35.0 Å². The van der Waals surface area contributed by atoms with Crippen LogP contribution < -0.4 is 10.1 Å². The lowest BCUT2D eigenvalue weighted by molar-refractivity contribution is 0.0954. The second kappa shape index (κ2) is 14.4. The van der Waals surface area contributed by atoms with Gasteiger partial charge in [0.25, 0.3) is 5.91 Å². The number of hydrogen-bond donors (Lipinski definition) is 1. The number of carbonyl (C=O) groups is 1. The molecule has 0 aliphatic rings. The lowest BCUT2D eigenvalue weighted by atomic mass is 10.1. The first-order chi connectivity index (χ1) is 16.7. The van der Waals surface area contributed by atoms with E-state index in [1.54, 1.807) is 31.4 Å². The van der Waals surface area contributed by atoms with Crippen LogP contribution in [0.15, 0.2) is 48.5 Å². The molecule has 1 aromatic heterocycles. The first-order valence-corrected chi connectivity index (χ1v) is 13.1. The number of ether oxygens (including phenoxy) is 1. The standard InChI is InChI=1S/C29H41N3O2/c1-3-4-5-6-7-8-9-10-11-14-23-32-27-16-13-12-15-26(27)31-28(32)21-22-30-29(33)24-17-19-25(34-2)20-18-24/h12-13,15-20H,3-11,14,21-23H2,1-2H3,(H,30,33). The maximum absolute atomic E-state index is 12.5. The lowest BCUT2D eigenvalue weighted by Gasteiger charge is -2.10. The Morgan fingerprint density at radius 3 is 2.21 bits per heavy atom. The summed E-state index contributed by atoms with van der Waals surface area (Å²) in [7, 11) is 1.62. The molecule has 0 atom stereocenters. The maximum Gasteiger partial charge on any atom is 0.251 e. The Hall–Kier alpha value is -2.82. The molecule has 5 nitrogen and oxygen atoms in total. The number of rotatable bonds is 16. The number of unbranched alkanes of at least 4 members (excludes halogenated alkanes) is 9. The van der Waals surface area contributed by atoms with E-state index in [-0.39, 0.29) is 5.91 Å². The molecule has 0 aliphatic carbocycles. The number of nitrogens with zero attached hydrogens (tertiary/aromatic N) is 2. The van der Waals surface area contributed by atoms with Gasteiger partial charge in [0.1, 0.15) is 11.6 Å². The quantitative estimate of drug-likeness (QED) is 0.234. The van der Waals surface area contributed by atoms with Crippen molar-refractivity contribution in [1.82, 2.24) is 14.9 Å². The van der Waals surface area contributed by atoms with Crippen LogP contribution in [0.2, 0.25) is 0 Å². The van der Waals surface area contributed by atoms with Crippen LogP contribution >= 0.6 is 0 Å². The highest BCUT2D eigenvalue weighted by atomic mass is 16.5. The fourth-order valence-corrected chi connectivity index (χ4v) is 4.46. The van der Waals surface area contributed by atoms with E-state index in [9.17, 15) is 4.79 Å². The maximum atomic E-state index is 12.5. The van der Waals surface area contributed by atoms with E-state index < -0.39 is 0 Å². The molecular weight excluding hydrogens is 422 g/mol. The summed E-state index contributed by atoms with van der Waals surface area (Å²) in [6.45, 7) is 3.82. The molecule has 0 radical (unpaired) electrons. The van der Waals surface area contributed by atoms with Gasteiger partial charge in [-0.25, -0.2) is 4.98 Å². The Morgan fingerprint density at radius 2 is 1.53 bits per heavy atom. The molecular formula is C29H41N3O2. The third-order valence-electron chi connectivity index (χ3n) is 6.46. The van der Waals surface area contributed by atoms with E-state index in [1.807, 2.05) is 6.07 Å². The molecule has 1 heterocycles. The van der Waals surface area contributed by atoms with Crippen molar-refractivity contribution < 1.29 is 9.53 Å². The molecule has 1 N–H and O–H groups in total. The van der Waals surface area contributed by atoms with Crippen LogP contribution in [-0.2, 0) is 13.0 Å². The van der Waals surface area contributed by atoms with Crippen molar-refractivity contribution in [2.24, 2.45) is 0 Å². The minimum atomic E-state index is -0.0694. The van der Waals surface area contributed by atoms with E-state index in [0.717, 1.165) is 23.6 Å². The summed E-state index contributed by atoms with van der Waals surface area (Å²) in [6.07, 6.45) is 14.1. The van der Waals surface area contributed by atoms with Crippen molar-refractivity contribution in [2.75, 3.05) is 13.7 Å². The molecule has 0 bridgehead atoms. The molecule has 5 heteroatoms. The van der Waals surface area contributed by atoms with E-state index in [0.29, 0.717) is 18.5 Å². The third-order valence-corrected chi connectivity index (χ3v) is 6.46. The predicted octanol–water partition coefficient (Wildman–Crippen LogP) is 6.94. The Balaban J connectivity index is 1.46. The number of amides is 1. The largest absolute Gasteiger partial charge is 0.497 e. The average molecular weight is 464 g/mol. The van der Waals surface area contributed by atoms with Gasteiger partial charge in [0.2, 0.25) is 0 Å². The SMILES string of the molecule is CCCCCCCCCCCCn1c(CCNC(=O)c2ccc(OC)cc2)nc2ccccc21. The highest BCUT2D eigenvalue weighted by molar-refractivity contribution is 5.94. The zero-order valence-electron chi connectivity index (χ0n) is 21.0. The minimum absolute atomic E-state index is 0.0694. The summed E-state index contributed by atoms with van der Waals surface area (Å²) in [5.74, 6) is 1.73. The molecule has 34 heavy (non-hydrogen) atoms. The van der Waals surface area contributed by atoms with Crippen LogP contribution in [-0.4, -0.2) is 29.1 Å². The molecule has 184 valence electrons. The van der Waals surface area contributed by atoms with Crippen molar-refractivity contribution in [3.05, 3.63) is 59.9 Å². The molecule has 0 fully saturated rings. The number of methoxy groups -OCH3 is 1. The molecule has 0 spiro atoms. The van der Waals surface area contributed by atoms with Crippen molar-refractivity contribution in [2.45, 2.75) is 84.1 Å². The monoisotopic (exact) mass is 463 g/mol. The molecule has 0 saturated carbocycles. The zero-order chi connectivity index (χ0) is 24.0. The summed E-state index contributed by atoms with van der Waals surface area (Å²) >= 11 is 0. The Kier molecular flexibility index (Phi) is 11.0. The van der Waals surface area contributed by atoms with Gasteiger partial charge in [-0.2, -0.15) is 0 Å². The number of carbonyl (C=O) groups excluding carboxylic acids is 1. The number of aryl methyl sites for hydroxylation is 1. The van der Waals surface area contributed by atoms with Gasteiger partial charge < -0.3 is 14.6 Å². The number of benzene rings is 2. The van der Waals surface area contributed by atoms with Crippen molar-refractivity contribution in [3.8, 4) is 5.75 Å². The highest BCUT2D eigenvalue weighted by Gasteiger charge is 2.11. The Bertz CT molecular complexity index is 994. The van der Waals surface area contributed by atoms with Crippen molar-refractivity contribution in [3.63, 3.8) is 0 Å². The summed E-state index contributed by atoms with van der Waals surface area (Å²) in [5, 5.41) is 3.03. The zero-order valence-corrected chi connectivity index (χ0v) is 21.0. The van der Waals surface area contributed by atoms with Crippen molar-refractivity contribution >= 4 is 16.9 Å². The van der Waals surface area contributed by atoms with Crippen LogP contribution in [0.1, 0.15) is 87.3 Å². The molecule has 0 saturated heterocycles. The molecule has 1 amide bonds. The number of aromatic nitrogens is 2. The predicted molar refractivity (Wildman–Crippen MR) is 141 cm³/mol. The molecule has 3 rings (SSSR count). The number of fused-ring (bicyclic) bond motifs is 1. The van der Waals surface area contributed by atoms with E-state index >= 15 is 0 Å². The van der Waals surface area contributed by atoms with Gasteiger partial charge in [0.05, 0.1) is 18.1 Å². The van der Waals surface area contributed by atoms with Crippen LogP contribution in [0.4, 0.5) is 0 Å². The Labute approximate surface area is 204 Å². The van der Waals surface area contributed by atoms with Gasteiger partial charge in [-0.1, -0.05) is 76.8 Å². The summed E-state index contributed by atoms with van der Waals surface area (Å²) in [6, 6.07) is 15.5. The van der Waals surface area contributed by atoms with E-state index in [1.165, 1.54) is 69.7 Å². The Morgan fingerprint density at radius 1 is 0.882 bits per heavy atom. The van der Waals surface area contributed by atoms with Gasteiger partial charge in [-0.05, 0) is 42.8 Å². The highest BCUT2D eigenvalue weighted by Crippen LogP contribution is 2.18. The van der Waals surface area contributed by atoms with Gasteiger partial charge in [0, 0.05) is 25.1 Å². The number of nitrogens with one attached hydrogen (secondary N) is 1. The van der Waals surface area contributed by atoms with Gasteiger partial charge in [0.15, 0.2) is 0 Å². The molecule has 2 aromatic carbocycles. The number of hydrogen-bond acceptors (Lipinski definition) is 3. The van der Waals surface area contributed by atoms with E-state index in [4.69, 9.17) is 9.72 Å². The van der Waals surface area contributed by atoms with Gasteiger partial charge in [-0.3, -0.25) is 4.79 Å². The summed E-state index contributed by atoms with van der Waals surface area (Å²) < 4.78 is 7.51. The minimum Gasteiger partial charge on any atom is -0.497 e. The lowest BCUT2D eigenvalue weighted by Crippen LogP contribution is -2.26. The fourth-order valence-electron chi connectivity index (χ4n) is 4.46. The second-order valence-electron chi connectivity index (χ2n) is 9.08. The van der Waals surface area contributed by atoms with Crippen LogP contribution in [0.3, 0.4) is 0 Å². The van der Waals surface area contributed by atoms with Crippen LogP contribution in [0, 0.1) is 0 Å². The first-order valence-electron chi connectivity index (χ1n) is 13.1. The molecule has 3 aromatic rings. The molecule has 0 unspecified atom stereocenters. The van der Waals surface area contributed by atoms with Crippen molar-refractivity contribution in [1.29, 1.82) is 0 Å². The van der Waals surface area contributed by atoms with Crippen LogP contribution in [0.5, 0.6) is 5.75 Å². The molecule has 0 aliphatic heterocycles. The topological polar surface area (TPSA) is 56.2 Å². The summed E-state index contributed by atoms with van der Waals surface area (Å²) in [5.41, 5.74) is 2.86. The first kappa shape index (κ1) is 25.8. The van der Waals surface area contributed by atoms with Gasteiger partial charge in [-0.15, -0.1) is 0 Å². The second-order valence-corrected chi connectivity index (χ2v) is 9.08. The summed E-state index contributed by atoms with van der Waals surface area (Å²) in [4.78, 5) is 17.3. The van der Waals surface area contributed by atoms with Crippen LogP contribution in [0.25, 0.3) is 11.0 Å². The smallest absolute Gasteiger partial charge is 0.251 e. The number of para-hydroxylation sites is 2. The normalized spacial score (nSPS) is 11.1. The number of imidazole rings is 1. The average Bonchev–Trinajstić information content (AvgIpc) is 3.22. The fraction of sp³-hybridized carbons (Fsp3) is 0.517. The van der Waals surface area contributed by atoms with Gasteiger partial charge >= 0.3 is 0 Å².